The Kier molecular flexibility index (Phi) is 4.52. The molecule has 1 aromatic carbocycles. The summed E-state index contributed by atoms with van der Waals surface area (Å²) in [7, 11) is 0.858. The Labute approximate surface area is 132 Å². The highest BCUT2D eigenvalue weighted by Crippen LogP contribution is 2.31. The van der Waals surface area contributed by atoms with Gasteiger partial charge in [-0.2, -0.15) is 0 Å². The summed E-state index contributed by atoms with van der Waals surface area (Å²) >= 11 is 5.84. The topological polar surface area (TPSA) is 63.2 Å². The smallest absolute Gasteiger partial charge is 0.264 e. The molecule has 0 radical (unpaired) electrons. The van der Waals surface area contributed by atoms with Crippen molar-refractivity contribution in [3.63, 3.8) is 0 Å². The highest BCUT2D eigenvalue weighted by atomic mass is 35.7. The average Bonchev–Trinajstić information content (AvgIpc) is 2.73. The van der Waals surface area contributed by atoms with E-state index in [1.165, 1.54) is 0 Å². The first-order valence-corrected chi connectivity index (χ1v) is 9.07. The second kappa shape index (κ2) is 5.74. The van der Waals surface area contributed by atoms with E-state index in [1.807, 2.05) is 6.92 Å². The van der Waals surface area contributed by atoms with E-state index in [0.29, 0.717) is 0 Å². The lowest BCUT2D eigenvalue weighted by atomic mass is 10.00. The SMILES string of the molecule is CC1(NC(=O)c2cc(S(=O)(=O)Cl)c(F)cc2Cl)CCCC1. The summed E-state index contributed by atoms with van der Waals surface area (Å²) in [4.78, 5) is 11.5. The fraction of sp³-hybridized carbons (Fsp3) is 0.462. The summed E-state index contributed by atoms with van der Waals surface area (Å²) in [5.74, 6) is -1.62. The van der Waals surface area contributed by atoms with Crippen LogP contribution in [0.2, 0.25) is 5.02 Å². The van der Waals surface area contributed by atoms with Gasteiger partial charge in [0.25, 0.3) is 15.0 Å². The summed E-state index contributed by atoms with van der Waals surface area (Å²) in [6.45, 7) is 1.91. The van der Waals surface area contributed by atoms with Gasteiger partial charge in [0, 0.05) is 16.2 Å². The molecule has 1 aliphatic carbocycles. The van der Waals surface area contributed by atoms with Gasteiger partial charge in [-0.3, -0.25) is 4.79 Å². The largest absolute Gasteiger partial charge is 0.347 e. The Balaban J connectivity index is 2.37. The van der Waals surface area contributed by atoms with E-state index < -0.39 is 25.7 Å². The first-order chi connectivity index (χ1) is 9.62. The molecule has 116 valence electrons. The molecule has 1 N–H and O–H groups in total. The van der Waals surface area contributed by atoms with Crippen LogP contribution in [-0.4, -0.2) is 19.9 Å². The van der Waals surface area contributed by atoms with Gasteiger partial charge in [0.05, 0.1) is 10.6 Å². The molecule has 2 rings (SSSR count). The van der Waals surface area contributed by atoms with Gasteiger partial charge in [0.2, 0.25) is 0 Å². The van der Waals surface area contributed by atoms with Gasteiger partial charge in [-0.15, -0.1) is 0 Å². The van der Waals surface area contributed by atoms with Crippen molar-refractivity contribution in [3.05, 3.63) is 28.5 Å². The van der Waals surface area contributed by atoms with Crippen LogP contribution in [-0.2, 0) is 9.05 Å². The summed E-state index contributed by atoms with van der Waals surface area (Å²) in [6, 6.07) is 1.65. The average molecular weight is 354 g/mol. The Morgan fingerprint density at radius 1 is 1.33 bits per heavy atom. The number of benzene rings is 1. The van der Waals surface area contributed by atoms with Crippen molar-refractivity contribution in [1.29, 1.82) is 0 Å². The lowest BCUT2D eigenvalue weighted by Crippen LogP contribution is -2.43. The molecular formula is C13H14Cl2FNO3S. The second-order valence-electron chi connectivity index (χ2n) is 5.42. The molecule has 0 unspecified atom stereocenters. The summed E-state index contributed by atoms with van der Waals surface area (Å²) < 4.78 is 36.2. The molecule has 1 amide bonds. The maximum absolute atomic E-state index is 13.6. The molecule has 0 atom stereocenters. The van der Waals surface area contributed by atoms with E-state index in [-0.39, 0.29) is 16.1 Å². The highest BCUT2D eigenvalue weighted by molar-refractivity contribution is 8.13. The summed E-state index contributed by atoms with van der Waals surface area (Å²) in [5, 5.41) is 2.67. The third kappa shape index (κ3) is 3.67. The normalized spacial score (nSPS) is 17.7. The zero-order valence-corrected chi connectivity index (χ0v) is 13.6. The van der Waals surface area contributed by atoms with Crippen molar-refractivity contribution >= 4 is 37.2 Å². The standard InChI is InChI=1S/C13H14Cl2FNO3S/c1-13(4-2-3-5-13)17-12(18)8-6-11(21(15,19)20)10(16)7-9(8)14/h6-7H,2-5H2,1H3,(H,17,18). The van der Waals surface area contributed by atoms with E-state index in [1.54, 1.807) is 0 Å². The Hall–Kier alpha value is -0.850. The maximum Gasteiger partial charge on any atom is 0.264 e. The molecule has 1 saturated carbocycles. The molecule has 0 bridgehead atoms. The molecular weight excluding hydrogens is 340 g/mol. The van der Waals surface area contributed by atoms with Crippen molar-refractivity contribution in [3.8, 4) is 0 Å². The minimum absolute atomic E-state index is 0.106. The van der Waals surface area contributed by atoms with E-state index in [9.17, 15) is 17.6 Å². The van der Waals surface area contributed by atoms with Crippen LogP contribution < -0.4 is 5.32 Å². The molecule has 4 nitrogen and oxygen atoms in total. The fourth-order valence-corrected chi connectivity index (χ4v) is 3.65. The van der Waals surface area contributed by atoms with Gasteiger partial charge in [0.1, 0.15) is 10.7 Å². The Morgan fingerprint density at radius 3 is 2.43 bits per heavy atom. The Morgan fingerprint density at radius 2 is 1.90 bits per heavy atom. The molecule has 0 aliphatic heterocycles. The minimum Gasteiger partial charge on any atom is -0.347 e. The second-order valence-corrected chi connectivity index (χ2v) is 8.36. The monoisotopic (exact) mass is 353 g/mol. The number of halogens is 3. The van der Waals surface area contributed by atoms with Crippen LogP contribution in [0, 0.1) is 5.82 Å². The van der Waals surface area contributed by atoms with Crippen LogP contribution in [0.15, 0.2) is 17.0 Å². The predicted molar refractivity (Wildman–Crippen MR) is 78.8 cm³/mol. The van der Waals surface area contributed by atoms with E-state index >= 15 is 0 Å². The number of carbonyl (C=O) groups is 1. The lowest BCUT2D eigenvalue weighted by Gasteiger charge is -2.25. The number of rotatable bonds is 3. The number of hydrogen-bond acceptors (Lipinski definition) is 3. The van der Waals surface area contributed by atoms with Gasteiger partial charge >= 0.3 is 0 Å². The third-order valence-electron chi connectivity index (χ3n) is 3.65. The number of hydrogen-bond donors (Lipinski definition) is 1. The zero-order chi connectivity index (χ0) is 15.8. The van der Waals surface area contributed by atoms with Crippen LogP contribution in [0.1, 0.15) is 43.0 Å². The van der Waals surface area contributed by atoms with Gasteiger partial charge in [0.15, 0.2) is 0 Å². The van der Waals surface area contributed by atoms with Crippen molar-refractivity contribution in [2.45, 2.75) is 43.0 Å². The summed E-state index contributed by atoms with van der Waals surface area (Å²) in [6.07, 6.45) is 3.68. The molecule has 0 spiro atoms. The Bertz CT molecular complexity index is 685. The van der Waals surface area contributed by atoms with Crippen LogP contribution >= 0.6 is 22.3 Å². The minimum atomic E-state index is -4.29. The number of carbonyl (C=O) groups excluding carboxylic acids is 1. The zero-order valence-electron chi connectivity index (χ0n) is 11.3. The van der Waals surface area contributed by atoms with Crippen molar-refractivity contribution < 1.29 is 17.6 Å². The first kappa shape index (κ1) is 16.5. The quantitative estimate of drug-likeness (QED) is 0.846. The van der Waals surface area contributed by atoms with E-state index in [2.05, 4.69) is 5.32 Å². The van der Waals surface area contributed by atoms with Crippen LogP contribution in [0.5, 0.6) is 0 Å². The maximum atomic E-state index is 13.6. The van der Waals surface area contributed by atoms with Crippen molar-refractivity contribution in [1.82, 2.24) is 5.32 Å². The van der Waals surface area contributed by atoms with E-state index in [0.717, 1.165) is 37.8 Å². The molecule has 0 saturated heterocycles. The van der Waals surface area contributed by atoms with Crippen molar-refractivity contribution in [2.24, 2.45) is 0 Å². The number of amides is 1. The number of nitrogens with one attached hydrogen (secondary N) is 1. The third-order valence-corrected chi connectivity index (χ3v) is 5.30. The molecule has 1 fully saturated rings. The van der Waals surface area contributed by atoms with Gasteiger partial charge in [-0.05, 0) is 31.9 Å². The highest BCUT2D eigenvalue weighted by Gasteiger charge is 2.31. The van der Waals surface area contributed by atoms with Crippen LogP contribution in [0.3, 0.4) is 0 Å². The lowest BCUT2D eigenvalue weighted by molar-refractivity contribution is 0.0908. The molecule has 0 aromatic heterocycles. The van der Waals surface area contributed by atoms with Crippen LogP contribution in [0.25, 0.3) is 0 Å². The predicted octanol–water partition coefficient (Wildman–Crippen LogP) is 3.47. The van der Waals surface area contributed by atoms with Gasteiger partial charge < -0.3 is 5.32 Å². The molecule has 8 heteroatoms. The first-order valence-electron chi connectivity index (χ1n) is 6.39. The van der Waals surface area contributed by atoms with Gasteiger partial charge in [-0.25, -0.2) is 12.8 Å². The molecule has 1 aromatic rings. The van der Waals surface area contributed by atoms with E-state index in [4.69, 9.17) is 22.3 Å². The van der Waals surface area contributed by atoms with Gasteiger partial charge in [-0.1, -0.05) is 24.4 Å². The van der Waals surface area contributed by atoms with Crippen LogP contribution in [0.4, 0.5) is 4.39 Å². The molecule has 0 heterocycles. The molecule has 1 aliphatic rings. The van der Waals surface area contributed by atoms with Crippen molar-refractivity contribution in [2.75, 3.05) is 0 Å². The fourth-order valence-electron chi connectivity index (χ4n) is 2.51. The summed E-state index contributed by atoms with van der Waals surface area (Å²) in [5.41, 5.74) is -0.458. The molecule has 21 heavy (non-hydrogen) atoms.